The van der Waals surface area contributed by atoms with E-state index in [4.69, 9.17) is 0 Å². The average Bonchev–Trinajstić information content (AvgIpc) is 3.08. The molecular weight excluding hydrogens is 324 g/mol. The third-order valence-electron chi connectivity index (χ3n) is 9.37. The van der Waals surface area contributed by atoms with E-state index in [0.717, 1.165) is 44.9 Å². The van der Waals surface area contributed by atoms with Crippen LogP contribution in [-0.2, 0) is 4.79 Å². The van der Waals surface area contributed by atoms with Gasteiger partial charge in [-0.1, -0.05) is 12.5 Å². The number of carbonyl (C=O) groups excluding carboxylic acids is 1. The second kappa shape index (κ2) is 5.13. The molecule has 1 N–H and O–H groups in total. The molecule has 140 valence electrons. The molecule has 4 nitrogen and oxygen atoms in total. The van der Waals surface area contributed by atoms with Crippen molar-refractivity contribution in [2.75, 3.05) is 0 Å². The normalized spacial score (nSPS) is 53.2. The second-order valence-corrected chi connectivity index (χ2v) is 9.87. The Morgan fingerprint density at radius 3 is 2.73 bits per heavy atom. The first-order chi connectivity index (χ1) is 12.4. The van der Waals surface area contributed by atoms with Crippen LogP contribution in [0.15, 0.2) is 11.6 Å². The Balaban J connectivity index is 1.57. The van der Waals surface area contributed by atoms with E-state index in [0.29, 0.717) is 17.8 Å². The van der Waals surface area contributed by atoms with Crippen LogP contribution in [-0.4, -0.2) is 33.1 Å². The Morgan fingerprint density at radius 2 is 2.00 bits per heavy atom. The fourth-order valence-electron chi connectivity index (χ4n) is 8.58. The number of carbonyl (C=O) groups is 1. The van der Waals surface area contributed by atoms with Gasteiger partial charge in [-0.2, -0.15) is 5.26 Å². The van der Waals surface area contributed by atoms with Gasteiger partial charge in [-0.25, -0.2) is 0 Å². The summed E-state index contributed by atoms with van der Waals surface area (Å²) in [5.74, 6) is 1.89. The third kappa shape index (κ3) is 1.68. The summed E-state index contributed by atoms with van der Waals surface area (Å²) in [5, 5.41) is 19.5. The maximum atomic E-state index is 12.7. The van der Waals surface area contributed by atoms with Crippen molar-refractivity contribution in [1.82, 2.24) is 4.90 Å². The fourth-order valence-corrected chi connectivity index (χ4v) is 8.58. The molecule has 7 atom stereocenters. The Bertz CT molecular complexity index is 739. The first-order valence-corrected chi connectivity index (χ1v) is 10.5. The lowest BCUT2D eigenvalue weighted by atomic mass is 9.50. The molecule has 0 aromatic rings. The summed E-state index contributed by atoms with van der Waals surface area (Å²) in [5.41, 5.74) is 1.59. The van der Waals surface area contributed by atoms with E-state index >= 15 is 0 Å². The average molecular weight is 354 g/mol. The van der Waals surface area contributed by atoms with Gasteiger partial charge >= 0.3 is 0 Å². The summed E-state index contributed by atoms with van der Waals surface area (Å²) in [6, 6.07) is 2.28. The zero-order valence-electron chi connectivity index (χ0n) is 16.0. The minimum Gasteiger partial charge on any atom is -0.393 e. The molecule has 5 fully saturated rings. The van der Waals surface area contributed by atoms with Crippen LogP contribution in [0.2, 0.25) is 0 Å². The number of hydrogen-bond donors (Lipinski definition) is 1. The van der Waals surface area contributed by atoms with E-state index in [2.05, 4.69) is 17.9 Å². The summed E-state index contributed by atoms with van der Waals surface area (Å²) in [6.45, 7) is 4.13. The first-order valence-electron chi connectivity index (χ1n) is 10.5. The highest BCUT2D eigenvalue weighted by Gasteiger charge is 2.84. The maximum Gasteiger partial charge on any atom is 0.220 e. The van der Waals surface area contributed by atoms with E-state index in [1.165, 1.54) is 18.4 Å². The van der Waals surface area contributed by atoms with Crippen molar-refractivity contribution in [2.45, 2.75) is 88.8 Å². The molecule has 1 amide bonds. The summed E-state index contributed by atoms with van der Waals surface area (Å²) < 4.78 is 0. The highest BCUT2D eigenvalue weighted by atomic mass is 16.3. The molecule has 0 aromatic heterocycles. The standard InChI is InChI=1S/C22H30N2O2/c1-14(25)24-21-9-7-17(26)13-16(21)4-6-19-18-5-3-15(8-12-23)20(18,2)10-11-22(19,21)24/h8,16-19,26H,3-7,9-11,13H2,1-2H3/b15-8-/t16-,17?,18?,19?,20-,21-,22?,24?/m1/s1. The predicted octanol–water partition coefficient (Wildman–Crippen LogP) is 3.56. The summed E-state index contributed by atoms with van der Waals surface area (Å²) >= 11 is 0. The van der Waals surface area contributed by atoms with Gasteiger partial charge in [0.2, 0.25) is 5.91 Å². The summed E-state index contributed by atoms with van der Waals surface area (Å²) in [6.07, 6.45) is 11.1. The van der Waals surface area contributed by atoms with E-state index in [1.807, 2.05) is 6.08 Å². The fraction of sp³-hybridized carbons (Fsp3) is 0.818. The molecule has 1 saturated heterocycles. The lowest BCUT2D eigenvalue weighted by Gasteiger charge is -2.52. The molecule has 5 aliphatic rings. The number of nitrogens with zero attached hydrogens (tertiary/aromatic N) is 2. The molecule has 4 heteroatoms. The number of amides is 1. The van der Waals surface area contributed by atoms with E-state index in [9.17, 15) is 15.2 Å². The third-order valence-corrected chi connectivity index (χ3v) is 9.37. The van der Waals surface area contributed by atoms with Crippen LogP contribution in [0.5, 0.6) is 0 Å². The number of nitriles is 1. The Morgan fingerprint density at radius 1 is 1.19 bits per heavy atom. The molecule has 1 aliphatic heterocycles. The van der Waals surface area contributed by atoms with E-state index in [-0.39, 0.29) is 28.5 Å². The van der Waals surface area contributed by atoms with Gasteiger partial charge in [-0.3, -0.25) is 4.79 Å². The van der Waals surface area contributed by atoms with Crippen molar-refractivity contribution in [3.63, 3.8) is 0 Å². The molecular formula is C22H30N2O2. The smallest absolute Gasteiger partial charge is 0.220 e. The van der Waals surface area contributed by atoms with Crippen LogP contribution < -0.4 is 0 Å². The van der Waals surface area contributed by atoms with E-state index in [1.54, 1.807) is 6.92 Å². The molecule has 4 unspecified atom stereocenters. The molecule has 26 heavy (non-hydrogen) atoms. The van der Waals surface area contributed by atoms with Crippen LogP contribution in [0, 0.1) is 34.5 Å². The Hall–Kier alpha value is -1.34. The second-order valence-electron chi connectivity index (χ2n) is 9.87. The van der Waals surface area contributed by atoms with Crippen LogP contribution in [0.3, 0.4) is 0 Å². The van der Waals surface area contributed by atoms with Crippen molar-refractivity contribution in [3.05, 3.63) is 11.6 Å². The molecule has 2 spiro atoms. The van der Waals surface area contributed by atoms with Gasteiger partial charge in [-0.05, 0) is 81.0 Å². The Labute approximate surface area is 156 Å². The van der Waals surface area contributed by atoms with Crippen molar-refractivity contribution < 1.29 is 9.90 Å². The lowest BCUT2D eigenvalue weighted by molar-refractivity contribution is -0.127. The molecule has 4 aliphatic carbocycles. The summed E-state index contributed by atoms with van der Waals surface area (Å²) in [4.78, 5) is 15.0. The first kappa shape index (κ1) is 16.8. The zero-order chi connectivity index (χ0) is 18.3. The topological polar surface area (TPSA) is 64.1 Å². The lowest BCUT2D eigenvalue weighted by Crippen LogP contribution is -2.54. The van der Waals surface area contributed by atoms with Crippen molar-refractivity contribution in [2.24, 2.45) is 23.2 Å². The van der Waals surface area contributed by atoms with Gasteiger partial charge in [0.25, 0.3) is 0 Å². The molecule has 1 heterocycles. The number of aliphatic hydroxyl groups is 1. The van der Waals surface area contributed by atoms with Crippen LogP contribution in [0.25, 0.3) is 0 Å². The van der Waals surface area contributed by atoms with E-state index < -0.39 is 0 Å². The van der Waals surface area contributed by atoms with Crippen LogP contribution >= 0.6 is 0 Å². The maximum absolute atomic E-state index is 12.7. The van der Waals surface area contributed by atoms with Gasteiger partial charge in [0, 0.05) is 13.0 Å². The number of fused-ring (bicyclic) bond motifs is 2. The van der Waals surface area contributed by atoms with Gasteiger partial charge in [0.15, 0.2) is 0 Å². The van der Waals surface area contributed by atoms with Gasteiger partial charge < -0.3 is 10.0 Å². The number of rotatable bonds is 0. The zero-order valence-corrected chi connectivity index (χ0v) is 16.0. The molecule has 4 saturated carbocycles. The predicted molar refractivity (Wildman–Crippen MR) is 97.8 cm³/mol. The molecule has 0 bridgehead atoms. The number of hydrogen-bond acceptors (Lipinski definition) is 3. The summed E-state index contributed by atoms with van der Waals surface area (Å²) in [7, 11) is 0. The number of likely N-dealkylation sites (tertiary alicyclic amines) is 1. The highest BCUT2D eigenvalue weighted by molar-refractivity contribution is 5.81. The minimum atomic E-state index is -0.181. The highest BCUT2D eigenvalue weighted by Crippen LogP contribution is 2.77. The largest absolute Gasteiger partial charge is 0.393 e. The van der Waals surface area contributed by atoms with Crippen LogP contribution in [0.1, 0.15) is 71.6 Å². The Kier molecular flexibility index (Phi) is 3.32. The molecule has 0 aromatic carbocycles. The minimum absolute atomic E-state index is 0.0318. The van der Waals surface area contributed by atoms with Gasteiger partial charge in [0.1, 0.15) is 0 Å². The number of allylic oxidation sites excluding steroid dienone is 2. The van der Waals surface area contributed by atoms with Crippen molar-refractivity contribution in [3.8, 4) is 6.07 Å². The number of aliphatic hydroxyl groups excluding tert-OH is 1. The SMILES string of the molecule is CC(=O)N1C23CC[C@]4(C)/C(=C\C#N)CCC4C2CC[C@@H]2CC(O)CC[C@]213. The van der Waals surface area contributed by atoms with Gasteiger partial charge in [0.05, 0.1) is 23.3 Å². The molecule has 0 radical (unpaired) electrons. The monoisotopic (exact) mass is 354 g/mol. The van der Waals surface area contributed by atoms with Crippen LogP contribution in [0.4, 0.5) is 0 Å². The van der Waals surface area contributed by atoms with Crippen molar-refractivity contribution >= 4 is 5.91 Å². The quantitative estimate of drug-likeness (QED) is 0.534. The van der Waals surface area contributed by atoms with Gasteiger partial charge in [-0.15, -0.1) is 0 Å². The van der Waals surface area contributed by atoms with Crippen molar-refractivity contribution in [1.29, 1.82) is 5.26 Å². The molecule has 5 rings (SSSR count).